The average Bonchev–Trinajstić information content (AvgIpc) is 2.83. The lowest BCUT2D eigenvalue weighted by molar-refractivity contribution is 0.195. The third kappa shape index (κ3) is 3.61. The first kappa shape index (κ1) is 15.9. The number of sulfonamides is 1. The summed E-state index contributed by atoms with van der Waals surface area (Å²) in [5.74, 6) is 0.457. The molecule has 1 aromatic carbocycles. The predicted molar refractivity (Wildman–Crippen MR) is 82.0 cm³/mol. The Morgan fingerprint density at radius 3 is 2.70 bits per heavy atom. The van der Waals surface area contributed by atoms with Crippen LogP contribution in [-0.4, -0.2) is 26.7 Å². The molecule has 0 aromatic heterocycles. The molecule has 20 heavy (non-hydrogen) atoms. The molecule has 1 aliphatic carbocycles. The Labute approximate surface area is 128 Å². The second-order valence-electron chi connectivity index (χ2n) is 5.42. The Kier molecular flexibility index (Phi) is 5.23. The topological polar surface area (TPSA) is 66.4 Å². The van der Waals surface area contributed by atoms with E-state index >= 15 is 0 Å². The standard InChI is InChI=1S/C14H20BrNO3S/c1-10-5-6-14(13(15)7-10)20(18,19)16-8-11-3-2-4-12(11)9-17/h5-7,11-12,16-17H,2-4,8-9H2,1H3. The van der Waals surface area contributed by atoms with Gasteiger partial charge in [-0.15, -0.1) is 0 Å². The van der Waals surface area contributed by atoms with Crippen LogP contribution in [0.25, 0.3) is 0 Å². The Morgan fingerprint density at radius 1 is 1.35 bits per heavy atom. The fraction of sp³-hybridized carbons (Fsp3) is 0.571. The van der Waals surface area contributed by atoms with Crippen molar-refractivity contribution in [3.63, 3.8) is 0 Å². The van der Waals surface area contributed by atoms with Crippen molar-refractivity contribution in [1.82, 2.24) is 4.72 Å². The maximum absolute atomic E-state index is 12.3. The summed E-state index contributed by atoms with van der Waals surface area (Å²) in [6.07, 6.45) is 3.02. The molecule has 2 rings (SSSR count). The number of aryl methyl sites for hydroxylation is 1. The number of nitrogens with one attached hydrogen (secondary N) is 1. The van der Waals surface area contributed by atoms with Gasteiger partial charge in [0.1, 0.15) is 0 Å². The number of hydrogen-bond acceptors (Lipinski definition) is 3. The number of halogens is 1. The summed E-state index contributed by atoms with van der Waals surface area (Å²) in [6.45, 7) is 2.45. The molecule has 0 spiro atoms. The molecule has 112 valence electrons. The van der Waals surface area contributed by atoms with Crippen molar-refractivity contribution < 1.29 is 13.5 Å². The lowest BCUT2D eigenvalue weighted by Gasteiger charge is -2.18. The summed E-state index contributed by atoms with van der Waals surface area (Å²) in [5, 5.41) is 9.27. The van der Waals surface area contributed by atoms with Crippen LogP contribution < -0.4 is 4.72 Å². The monoisotopic (exact) mass is 361 g/mol. The van der Waals surface area contributed by atoms with E-state index in [0.717, 1.165) is 24.8 Å². The van der Waals surface area contributed by atoms with Gasteiger partial charge in [-0.25, -0.2) is 13.1 Å². The van der Waals surface area contributed by atoms with Gasteiger partial charge in [0.05, 0.1) is 4.90 Å². The second kappa shape index (κ2) is 6.56. The molecule has 1 aliphatic rings. The first-order valence-electron chi connectivity index (χ1n) is 6.80. The van der Waals surface area contributed by atoms with E-state index in [9.17, 15) is 13.5 Å². The van der Waals surface area contributed by atoms with Crippen molar-refractivity contribution in [3.05, 3.63) is 28.2 Å². The van der Waals surface area contributed by atoms with Gasteiger partial charge < -0.3 is 5.11 Å². The van der Waals surface area contributed by atoms with Gasteiger partial charge in [-0.05, 0) is 65.2 Å². The van der Waals surface area contributed by atoms with E-state index in [4.69, 9.17) is 0 Å². The molecule has 4 nitrogen and oxygen atoms in total. The molecule has 2 N–H and O–H groups in total. The Balaban J connectivity index is 2.07. The van der Waals surface area contributed by atoms with Gasteiger partial charge in [0.15, 0.2) is 0 Å². The Bertz CT molecular complexity index is 574. The van der Waals surface area contributed by atoms with Crippen molar-refractivity contribution in [1.29, 1.82) is 0 Å². The van der Waals surface area contributed by atoms with E-state index in [2.05, 4.69) is 20.7 Å². The van der Waals surface area contributed by atoms with Crippen LogP contribution >= 0.6 is 15.9 Å². The molecule has 2 unspecified atom stereocenters. The van der Waals surface area contributed by atoms with Crippen LogP contribution in [-0.2, 0) is 10.0 Å². The highest BCUT2D eigenvalue weighted by molar-refractivity contribution is 9.10. The predicted octanol–water partition coefficient (Wildman–Crippen LogP) is 2.44. The zero-order valence-corrected chi connectivity index (χ0v) is 13.9. The number of hydrogen-bond donors (Lipinski definition) is 2. The third-order valence-corrected chi connectivity index (χ3v) is 6.36. The van der Waals surface area contributed by atoms with Crippen LogP contribution in [0.3, 0.4) is 0 Å². The molecule has 1 fully saturated rings. The van der Waals surface area contributed by atoms with Crippen LogP contribution in [0.4, 0.5) is 0 Å². The number of rotatable bonds is 5. The maximum Gasteiger partial charge on any atom is 0.241 e. The lowest BCUT2D eigenvalue weighted by atomic mass is 9.97. The minimum Gasteiger partial charge on any atom is -0.396 e. The first-order chi connectivity index (χ1) is 9.44. The van der Waals surface area contributed by atoms with E-state index in [1.54, 1.807) is 18.2 Å². The van der Waals surface area contributed by atoms with Crippen LogP contribution in [0.2, 0.25) is 0 Å². The van der Waals surface area contributed by atoms with Crippen LogP contribution in [0, 0.1) is 18.8 Å². The van der Waals surface area contributed by atoms with Crippen molar-refractivity contribution in [3.8, 4) is 0 Å². The molecular formula is C14H20BrNO3S. The van der Waals surface area contributed by atoms with E-state index < -0.39 is 10.0 Å². The molecular weight excluding hydrogens is 342 g/mol. The Hall–Kier alpha value is -0.430. The van der Waals surface area contributed by atoms with E-state index in [-0.39, 0.29) is 23.3 Å². The van der Waals surface area contributed by atoms with Crippen molar-refractivity contribution in [2.24, 2.45) is 11.8 Å². The third-order valence-electron chi connectivity index (χ3n) is 3.96. The molecule has 0 aliphatic heterocycles. The summed E-state index contributed by atoms with van der Waals surface area (Å²) >= 11 is 3.30. The molecule has 1 saturated carbocycles. The molecule has 1 aromatic rings. The Morgan fingerprint density at radius 2 is 2.05 bits per heavy atom. The molecule has 2 atom stereocenters. The van der Waals surface area contributed by atoms with Crippen LogP contribution in [0.15, 0.2) is 27.6 Å². The number of aliphatic hydroxyl groups excluding tert-OH is 1. The summed E-state index contributed by atoms with van der Waals surface area (Å²) in [4.78, 5) is 0.265. The van der Waals surface area contributed by atoms with Gasteiger partial charge >= 0.3 is 0 Å². The normalized spacial score (nSPS) is 23.1. The highest BCUT2D eigenvalue weighted by atomic mass is 79.9. The lowest BCUT2D eigenvalue weighted by Crippen LogP contribution is -2.32. The fourth-order valence-corrected chi connectivity index (χ4v) is 5.03. The molecule has 0 saturated heterocycles. The van der Waals surface area contributed by atoms with Crippen molar-refractivity contribution in [2.75, 3.05) is 13.2 Å². The van der Waals surface area contributed by atoms with Gasteiger partial charge in [0.25, 0.3) is 0 Å². The van der Waals surface area contributed by atoms with Crippen molar-refractivity contribution >= 4 is 26.0 Å². The maximum atomic E-state index is 12.3. The molecule has 0 heterocycles. The number of benzene rings is 1. The van der Waals surface area contributed by atoms with Gasteiger partial charge in [-0.2, -0.15) is 0 Å². The fourth-order valence-electron chi connectivity index (χ4n) is 2.74. The number of aliphatic hydroxyl groups is 1. The average molecular weight is 362 g/mol. The quantitative estimate of drug-likeness (QED) is 0.846. The first-order valence-corrected chi connectivity index (χ1v) is 9.08. The van der Waals surface area contributed by atoms with Gasteiger partial charge in [0, 0.05) is 17.6 Å². The summed E-state index contributed by atoms with van der Waals surface area (Å²) in [5.41, 5.74) is 1.01. The minimum absolute atomic E-state index is 0.140. The van der Waals surface area contributed by atoms with Gasteiger partial charge in [0.2, 0.25) is 10.0 Å². The summed E-state index contributed by atoms with van der Waals surface area (Å²) < 4.78 is 27.9. The molecule has 6 heteroatoms. The zero-order valence-electron chi connectivity index (χ0n) is 11.5. The highest BCUT2D eigenvalue weighted by Gasteiger charge is 2.28. The van der Waals surface area contributed by atoms with E-state index in [1.165, 1.54) is 0 Å². The molecule has 0 amide bonds. The van der Waals surface area contributed by atoms with Gasteiger partial charge in [-0.3, -0.25) is 0 Å². The highest BCUT2D eigenvalue weighted by Crippen LogP contribution is 2.31. The van der Waals surface area contributed by atoms with Crippen molar-refractivity contribution in [2.45, 2.75) is 31.1 Å². The SMILES string of the molecule is Cc1ccc(S(=O)(=O)NCC2CCCC2CO)c(Br)c1. The van der Waals surface area contributed by atoms with Crippen LogP contribution in [0.5, 0.6) is 0 Å². The molecule has 0 radical (unpaired) electrons. The molecule has 0 bridgehead atoms. The van der Waals surface area contributed by atoms with Crippen LogP contribution in [0.1, 0.15) is 24.8 Å². The van der Waals surface area contributed by atoms with Gasteiger partial charge in [-0.1, -0.05) is 12.5 Å². The van der Waals surface area contributed by atoms with E-state index in [0.29, 0.717) is 11.0 Å². The van der Waals surface area contributed by atoms with E-state index in [1.807, 2.05) is 6.92 Å². The smallest absolute Gasteiger partial charge is 0.241 e. The second-order valence-corrected chi connectivity index (χ2v) is 8.01. The largest absolute Gasteiger partial charge is 0.396 e. The summed E-state index contributed by atoms with van der Waals surface area (Å²) in [7, 11) is -3.51. The minimum atomic E-state index is -3.51. The summed E-state index contributed by atoms with van der Waals surface area (Å²) in [6, 6.07) is 5.19. The zero-order chi connectivity index (χ0) is 14.8.